The van der Waals surface area contributed by atoms with Gasteiger partial charge in [-0.2, -0.15) is 0 Å². The third-order valence-electron chi connectivity index (χ3n) is 3.88. The van der Waals surface area contributed by atoms with Gasteiger partial charge in [0.05, 0.1) is 0 Å². The molecule has 0 saturated heterocycles. The zero-order chi connectivity index (χ0) is 17.5. The largest absolute Gasteiger partial charge is 0.486 e. The van der Waals surface area contributed by atoms with E-state index in [2.05, 4.69) is 10.6 Å². The maximum absolute atomic E-state index is 13.5. The lowest BCUT2D eigenvalue weighted by Crippen LogP contribution is -2.24. The predicted molar refractivity (Wildman–Crippen MR) is 93.7 cm³/mol. The van der Waals surface area contributed by atoms with E-state index in [0.717, 1.165) is 0 Å². The summed E-state index contributed by atoms with van der Waals surface area (Å²) in [5, 5.41) is 5.99. The van der Waals surface area contributed by atoms with Gasteiger partial charge in [0.25, 0.3) is 0 Å². The van der Waals surface area contributed by atoms with Crippen molar-refractivity contribution in [3.05, 3.63) is 53.8 Å². The molecule has 25 heavy (non-hydrogen) atoms. The van der Waals surface area contributed by atoms with E-state index in [-0.39, 0.29) is 11.7 Å². The smallest absolute Gasteiger partial charge is 0.225 e. The van der Waals surface area contributed by atoms with Crippen molar-refractivity contribution in [1.82, 2.24) is 5.32 Å². The molecule has 0 atom stereocenters. The number of benzene rings is 2. The Bertz CT molecular complexity index is 736. The van der Waals surface area contributed by atoms with Crippen LogP contribution in [-0.2, 0) is 11.2 Å². The van der Waals surface area contributed by atoms with Crippen molar-refractivity contribution in [3.63, 3.8) is 0 Å². The van der Waals surface area contributed by atoms with Crippen LogP contribution in [0.5, 0.6) is 11.5 Å². The van der Waals surface area contributed by atoms with Crippen molar-refractivity contribution < 1.29 is 18.7 Å². The van der Waals surface area contributed by atoms with E-state index in [0.29, 0.717) is 61.9 Å². The molecule has 2 aromatic rings. The fourth-order valence-electron chi connectivity index (χ4n) is 2.60. The van der Waals surface area contributed by atoms with Gasteiger partial charge in [-0.15, -0.1) is 0 Å². The fourth-order valence-corrected chi connectivity index (χ4v) is 2.60. The average molecular weight is 344 g/mol. The summed E-state index contributed by atoms with van der Waals surface area (Å²) < 4.78 is 24.4. The summed E-state index contributed by atoms with van der Waals surface area (Å²) in [5.41, 5.74) is 1.36. The summed E-state index contributed by atoms with van der Waals surface area (Å²) in [7, 11) is 0. The molecule has 1 amide bonds. The summed E-state index contributed by atoms with van der Waals surface area (Å²) in [6.07, 6.45) is 0.933. The number of rotatable bonds is 7. The van der Waals surface area contributed by atoms with Crippen LogP contribution in [0, 0.1) is 5.82 Å². The van der Waals surface area contributed by atoms with Gasteiger partial charge in [-0.05, 0) is 36.7 Å². The molecule has 3 rings (SSSR count). The molecular formula is C19H21FN2O3. The second kappa shape index (κ2) is 8.48. The zero-order valence-electron chi connectivity index (χ0n) is 13.9. The Morgan fingerprint density at radius 3 is 2.68 bits per heavy atom. The molecule has 6 heteroatoms. The van der Waals surface area contributed by atoms with E-state index in [9.17, 15) is 9.18 Å². The maximum Gasteiger partial charge on any atom is 0.225 e. The molecule has 0 aliphatic carbocycles. The molecule has 2 N–H and O–H groups in total. The standard InChI is InChI=1S/C19H21FN2O3/c20-16-4-2-1-3-14(16)7-9-21-10-8-19(23)22-15-5-6-17-18(13-15)25-12-11-24-17/h1-6,13,21H,7-12H2,(H,22,23). The minimum Gasteiger partial charge on any atom is -0.486 e. The summed E-state index contributed by atoms with van der Waals surface area (Å²) in [6, 6.07) is 12.1. The quantitative estimate of drug-likeness (QED) is 0.759. The first-order chi connectivity index (χ1) is 12.2. The normalized spacial score (nSPS) is 12.7. The molecule has 1 aliphatic rings. The monoisotopic (exact) mass is 344 g/mol. The molecule has 0 unspecified atom stereocenters. The zero-order valence-corrected chi connectivity index (χ0v) is 13.9. The second-order valence-corrected chi connectivity index (χ2v) is 5.75. The van der Waals surface area contributed by atoms with Gasteiger partial charge >= 0.3 is 0 Å². The van der Waals surface area contributed by atoms with Crippen molar-refractivity contribution >= 4 is 11.6 Å². The van der Waals surface area contributed by atoms with Crippen molar-refractivity contribution in [3.8, 4) is 11.5 Å². The number of anilines is 1. The van der Waals surface area contributed by atoms with Gasteiger partial charge < -0.3 is 20.1 Å². The van der Waals surface area contributed by atoms with E-state index < -0.39 is 0 Å². The Morgan fingerprint density at radius 1 is 1.04 bits per heavy atom. The summed E-state index contributed by atoms with van der Waals surface area (Å²) >= 11 is 0. The van der Waals surface area contributed by atoms with Gasteiger partial charge in [-0.3, -0.25) is 4.79 Å². The van der Waals surface area contributed by atoms with Gasteiger partial charge in [0.2, 0.25) is 5.91 Å². The number of carbonyl (C=O) groups excluding carboxylic acids is 1. The predicted octanol–water partition coefficient (Wildman–Crippen LogP) is 2.76. The highest BCUT2D eigenvalue weighted by atomic mass is 19.1. The van der Waals surface area contributed by atoms with Crippen LogP contribution in [-0.4, -0.2) is 32.2 Å². The number of fused-ring (bicyclic) bond motifs is 1. The van der Waals surface area contributed by atoms with E-state index >= 15 is 0 Å². The number of hydrogen-bond acceptors (Lipinski definition) is 4. The third kappa shape index (κ3) is 4.93. The Morgan fingerprint density at radius 2 is 1.84 bits per heavy atom. The van der Waals surface area contributed by atoms with Gasteiger partial charge in [0.1, 0.15) is 19.0 Å². The first kappa shape index (κ1) is 17.2. The summed E-state index contributed by atoms with van der Waals surface area (Å²) in [4.78, 5) is 12.0. The SMILES string of the molecule is O=C(CCNCCc1ccccc1F)Nc1ccc2c(c1)OCCO2. The lowest BCUT2D eigenvalue weighted by atomic mass is 10.1. The Hall–Kier alpha value is -2.60. The van der Waals surface area contributed by atoms with Crippen molar-refractivity contribution in [2.75, 3.05) is 31.6 Å². The minimum absolute atomic E-state index is 0.0879. The molecular weight excluding hydrogens is 323 g/mol. The van der Waals surface area contributed by atoms with Gasteiger partial charge in [-0.1, -0.05) is 18.2 Å². The molecule has 0 radical (unpaired) electrons. The van der Waals surface area contributed by atoms with E-state index in [1.807, 2.05) is 6.07 Å². The van der Waals surface area contributed by atoms with E-state index in [1.165, 1.54) is 6.07 Å². The molecule has 0 saturated carbocycles. The second-order valence-electron chi connectivity index (χ2n) is 5.75. The van der Waals surface area contributed by atoms with Gasteiger partial charge in [-0.25, -0.2) is 4.39 Å². The highest BCUT2D eigenvalue weighted by Gasteiger charge is 2.12. The number of amides is 1. The van der Waals surface area contributed by atoms with Crippen LogP contribution in [0.3, 0.4) is 0 Å². The highest BCUT2D eigenvalue weighted by molar-refractivity contribution is 5.91. The van der Waals surface area contributed by atoms with Crippen molar-refractivity contribution in [2.24, 2.45) is 0 Å². The van der Waals surface area contributed by atoms with Gasteiger partial charge in [0.15, 0.2) is 11.5 Å². The number of nitrogens with one attached hydrogen (secondary N) is 2. The molecule has 132 valence electrons. The highest BCUT2D eigenvalue weighted by Crippen LogP contribution is 2.32. The third-order valence-corrected chi connectivity index (χ3v) is 3.88. The topological polar surface area (TPSA) is 59.6 Å². The minimum atomic E-state index is -0.194. The lowest BCUT2D eigenvalue weighted by Gasteiger charge is -2.19. The molecule has 0 spiro atoms. The molecule has 2 aromatic carbocycles. The van der Waals surface area contributed by atoms with Crippen LogP contribution in [0.4, 0.5) is 10.1 Å². The molecule has 5 nitrogen and oxygen atoms in total. The summed E-state index contributed by atoms with van der Waals surface area (Å²) in [5.74, 6) is 1.06. The first-order valence-corrected chi connectivity index (χ1v) is 8.36. The summed E-state index contributed by atoms with van der Waals surface area (Å²) in [6.45, 7) is 2.21. The van der Waals surface area contributed by atoms with Crippen LogP contribution in [0.1, 0.15) is 12.0 Å². The van der Waals surface area contributed by atoms with Crippen molar-refractivity contribution in [1.29, 1.82) is 0 Å². The Labute approximate surface area is 146 Å². The van der Waals surface area contributed by atoms with Gasteiger partial charge in [0, 0.05) is 24.7 Å². The van der Waals surface area contributed by atoms with Crippen molar-refractivity contribution in [2.45, 2.75) is 12.8 Å². The van der Waals surface area contributed by atoms with Crippen LogP contribution in [0.15, 0.2) is 42.5 Å². The van der Waals surface area contributed by atoms with E-state index in [4.69, 9.17) is 9.47 Å². The molecule has 0 aromatic heterocycles. The fraction of sp³-hybridized carbons (Fsp3) is 0.316. The molecule has 0 bridgehead atoms. The molecule has 1 aliphatic heterocycles. The van der Waals surface area contributed by atoms with Crippen LogP contribution >= 0.6 is 0 Å². The maximum atomic E-state index is 13.5. The van der Waals surface area contributed by atoms with Crippen LogP contribution in [0.2, 0.25) is 0 Å². The van der Waals surface area contributed by atoms with Crippen LogP contribution < -0.4 is 20.1 Å². The van der Waals surface area contributed by atoms with Crippen LogP contribution in [0.25, 0.3) is 0 Å². The number of hydrogen-bond donors (Lipinski definition) is 2. The average Bonchev–Trinajstić information content (AvgIpc) is 2.63. The lowest BCUT2D eigenvalue weighted by molar-refractivity contribution is -0.116. The number of ether oxygens (including phenoxy) is 2. The van der Waals surface area contributed by atoms with E-state index in [1.54, 1.807) is 30.3 Å². The molecule has 1 heterocycles. The number of carbonyl (C=O) groups is 1. The first-order valence-electron chi connectivity index (χ1n) is 8.36. The molecule has 0 fully saturated rings. The Kier molecular flexibility index (Phi) is 5.85. The number of halogens is 1. The Balaban J connectivity index is 1.38.